The summed E-state index contributed by atoms with van der Waals surface area (Å²) in [7, 11) is 0. The monoisotopic (exact) mass is 277 g/mol. The number of hydrogen-bond donors (Lipinski definition) is 1. The maximum absolute atomic E-state index is 5.95. The summed E-state index contributed by atoms with van der Waals surface area (Å²) >= 11 is 0. The molecule has 112 valence electrons. The van der Waals surface area contributed by atoms with Crippen molar-refractivity contribution >= 4 is 0 Å². The molecule has 2 aliphatic heterocycles. The molecule has 0 saturated carbocycles. The normalized spacial score (nSPS) is 24.2. The fourth-order valence-electron chi connectivity index (χ4n) is 3.70. The summed E-state index contributed by atoms with van der Waals surface area (Å²) in [4.78, 5) is 5.15. The highest BCUT2D eigenvalue weighted by Gasteiger charge is 2.28. The molecular formula is C16H27N3O. The maximum atomic E-state index is 5.95. The van der Waals surface area contributed by atoms with Gasteiger partial charge in [-0.05, 0) is 69.9 Å². The zero-order valence-corrected chi connectivity index (χ0v) is 12.3. The van der Waals surface area contributed by atoms with Crippen molar-refractivity contribution in [3.05, 3.63) is 24.2 Å². The fraction of sp³-hybridized carbons (Fsp3) is 0.750. The van der Waals surface area contributed by atoms with E-state index in [1.165, 1.54) is 45.3 Å². The Morgan fingerprint density at radius 1 is 1.20 bits per heavy atom. The maximum Gasteiger partial charge on any atom is 0.122 e. The lowest BCUT2D eigenvalue weighted by Crippen LogP contribution is -2.42. The van der Waals surface area contributed by atoms with Gasteiger partial charge in [-0.3, -0.25) is 4.90 Å². The van der Waals surface area contributed by atoms with Crippen molar-refractivity contribution in [3.8, 4) is 0 Å². The van der Waals surface area contributed by atoms with Gasteiger partial charge >= 0.3 is 0 Å². The van der Waals surface area contributed by atoms with Gasteiger partial charge in [-0.15, -0.1) is 0 Å². The van der Waals surface area contributed by atoms with Gasteiger partial charge in [0.25, 0.3) is 0 Å². The molecular weight excluding hydrogens is 250 g/mol. The summed E-state index contributed by atoms with van der Waals surface area (Å²) in [6, 6.07) is 4.27. The van der Waals surface area contributed by atoms with Gasteiger partial charge in [-0.25, -0.2) is 0 Å². The molecule has 1 atom stereocenters. The SMILES string of the molecule is NCC(c1ccco1)N1CCC(CN2CCCC2)CC1. The molecule has 3 rings (SSSR count). The summed E-state index contributed by atoms with van der Waals surface area (Å²) in [5.41, 5.74) is 5.95. The quantitative estimate of drug-likeness (QED) is 0.895. The molecule has 1 aromatic heterocycles. The Morgan fingerprint density at radius 2 is 1.95 bits per heavy atom. The Hall–Kier alpha value is -0.840. The van der Waals surface area contributed by atoms with Gasteiger partial charge in [-0.1, -0.05) is 0 Å². The van der Waals surface area contributed by atoms with E-state index in [0.717, 1.165) is 24.8 Å². The van der Waals surface area contributed by atoms with Gasteiger partial charge in [-0.2, -0.15) is 0 Å². The standard InChI is InChI=1S/C16H27N3O/c17-12-15(16-4-3-11-20-16)19-9-5-14(6-10-19)13-18-7-1-2-8-18/h3-4,11,14-15H,1-2,5-10,12-13,17H2. The van der Waals surface area contributed by atoms with E-state index in [1.807, 2.05) is 12.1 Å². The van der Waals surface area contributed by atoms with Crippen LogP contribution in [-0.4, -0.2) is 49.1 Å². The predicted octanol–water partition coefficient (Wildman–Crippen LogP) is 2.09. The molecule has 20 heavy (non-hydrogen) atoms. The molecule has 4 heteroatoms. The Bertz CT molecular complexity index is 378. The average molecular weight is 277 g/mol. The van der Waals surface area contributed by atoms with Crippen LogP contribution in [0.5, 0.6) is 0 Å². The smallest absolute Gasteiger partial charge is 0.122 e. The van der Waals surface area contributed by atoms with Crippen molar-refractivity contribution in [2.45, 2.75) is 31.7 Å². The molecule has 2 N–H and O–H groups in total. The Balaban J connectivity index is 1.49. The molecule has 0 spiro atoms. The van der Waals surface area contributed by atoms with E-state index in [4.69, 9.17) is 10.2 Å². The van der Waals surface area contributed by atoms with E-state index in [2.05, 4.69) is 9.80 Å². The van der Waals surface area contributed by atoms with Crippen molar-refractivity contribution in [3.63, 3.8) is 0 Å². The first kappa shape index (κ1) is 14.1. The van der Waals surface area contributed by atoms with E-state index in [0.29, 0.717) is 6.54 Å². The third-order valence-electron chi connectivity index (χ3n) is 4.90. The second-order valence-corrected chi connectivity index (χ2v) is 6.25. The lowest BCUT2D eigenvalue weighted by Gasteiger charge is -2.37. The van der Waals surface area contributed by atoms with Gasteiger partial charge in [0.15, 0.2) is 0 Å². The molecule has 0 amide bonds. The Labute approximate surface area is 121 Å². The van der Waals surface area contributed by atoms with Crippen molar-refractivity contribution in [2.24, 2.45) is 11.7 Å². The lowest BCUT2D eigenvalue weighted by molar-refractivity contribution is 0.107. The molecule has 1 unspecified atom stereocenters. The van der Waals surface area contributed by atoms with Gasteiger partial charge in [0.2, 0.25) is 0 Å². The Kier molecular flexibility index (Phi) is 4.76. The molecule has 2 saturated heterocycles. The molecule has 4 nitrogen and oxygen atoms in total. The van der Waals surface area contributed by atoms with Gasteiger partial charge in [0, 0.05) is 13.1 Å². The highest BCUT2D eigenvalue weighted by Crippen LogP contribution is 2.27. The van der Waals surface area contributed by atoms with Gasteiger partial charge < -0.3 is 15.1 Å². The largest absolute Gasteiger partial charge is 0.468 e. The predicted molar refractivity (Wildman–Crippen MR) is 80.5 cm³/mol. The van der Waals surface area contributed by atoms with Crippen molar-refractivity contribution in [1.29, 1.82) is 0 Å². The van der Waals surface area contributed by atoms with Crippen LogP contribution >= 0.6 is 0 Å². The second kappa shape index (κ2) is 6.74. The van der Waals surface area contributed by atoms with E-state index in [9.17, 15) is 0 Å². The molecule has 2 fully saturated rings. The highest BCUT2D eigenvalue weighted by atomic mass is 16.3. The first-order valence-electron chi connectivity index (χ1n) is 8.06. The minimum atomic E-state index is 0.262. The van der Waals surface area contributed by atoms with Crippen LogP contribution in [0.15, 0.2) is 22.8 Å². The average Bonchev–Trinajstić information content (AvgIpc) is 3.15. The molecule has 0 radical (unpaired) electrons. The molecule has 0 aliphatic carbocycles. The van der Waals surface area contributed by atoms with Crippen LogP contribution in [0.2, 0.25) is 0 Å². The third-order valence-corrected chi connectivity index (χ3v) is 4.90. The van der Waals surface area contributed by atoms with Gasteiger partial charge in [0.05, 0.1) is 12.3 Å². The number of piperidine rings is 1. The van der Waals surface area contributed by atoms with E-state index >= 15 is 0 Å². The third kappa shape index (κ3) is 3.25. The van der Waals surface area contributed by atoms with Crippen LogP contribution in [0.4, 0.5) is 0 Å². The zero-order valence-electron chi connectivity index (χ0n) is 12.3. The van der Waals surface area contributed by atoms with Crippen molar-refractivity contribution in [2.75, 3.05) is 39.3 Å². The van der Waals surface area contributed by atoms with E-state index in [-0.39, 0.29) is 6.04 Å². The number of nitrogens with two attached hydrogens (primary N) is 1. The van der Waals surface area contributed by atoms with Crippen LogP contribution in [-0.2, 0) is 0 Å². The van der Waals surface area contributed by atoms with Crippen LogP contribution in [0, 0.1) is 5.92 Å². The highest BCUT2D eigenvalue weighted by molar-refractivity contribution is 5.05. The number of rotatable bonds is 5. The van der Waals surface area contributed by atoms with E-state index < -0.39 is 0 Å². The zero-order chi connectivity index (χ0) is 13.8. The fourth-order valence-corrected chi connectivity index (χ4v) is 3.70. The van der Waals surface area contributed by atoms with Crippen LogP contribution in [0.25, 0.3) is 0 Å². The topological polar surface area (TPSA) is 45.6 Å². The molecule has 2 aliphatic rings. The number of hydrogen-bond acceptors (Lipinski definition) is 4. The minimum Gasteiger partial charge on any atom is -0.468 e. The molecule has 1 aromatic rings. The van der Waals surface area contributed by atoms with E-state index in [1.54, 1.807) is 6.26 Å². The molecule has 0 aromatic carbocycles. The van der Waals surface area contributed by atoms with Crippen molar-refractivity contribution < 1.29 is 4.42 Å². The summed E-state index contributed by atoms with van der Waals surface area (Å²) in [6.45, 7) is 6.89. The Morgan fingerprint density at radius 3 is 2.55 bits per heavy atom. The summed E-state index contributed by atoms with van der Waals surface area (Å²) in [5.74, 6) is 1.89. The first-order valence-corrected chi connectivity index (χ1v) is 8.06. The summed E-state index contributed by atoms with van der Waals surface area (Å²) < 4.78 is 5.54. The lowest BCUT2D eigenvalue weighted by atomic mass is 9.95. The number of furan rings is 1. The van der Waals surface area contributed by atoms with Gasteiger partial charge in [0.1, 0.15) is 5.76 Å². The van der Waals surface area contributed by atoms with Crippen LogP contribution < -0.4 is 5.73 Å². The minimum absolute atomic E-state index is 0.262. The second-order valence-electron chi connectivity index (χ2n) is 6.25. The van der Waals surface area contributed by atoms with Crippen molar-refractivity contribution in [1.82, 2.24) is 9.80 Å². The molecule has 3 heterocycles. The number of likely N-dealkylation sites (tertiary alicyclic amines) is 2. The first-order chi connectivity index (χ1) is 9.86. The van der Waals surface area contributed by atoms with Crippen LogP contribution in [0.3, 0.4) is 0 Å². The number of nitrogens with zero attached hydrogens (tertiary/aromatic N) is 2. The van der Waals surface area contributed by atoms with Crippen LogP contribution in [0.1, 0.15) is 37.5 Å². The molecule has 0 bridgehead atoms. The summed E-state index contributed by atoms with van der Waals surface area (Å²) in [6.07, 6.45) is 7.14. The summed E-state index contributed by atoms with van der Waals surface area (Å²) in [5, 5.41) is 0.